The van der Waals surface area contributed by atoms with Gasteiger partial charge in [-0.05, 0) is 18.1 Å². The zero-order valence-corrected chi connectivity index (χ0v) is 12.3. The summed E-state index contributed by atoms with van der Waals surface area (Å²) in [5.41, 5.74) is 5.82. The smallest absolute Gasteiger partial charge is 0.320 e. The largest absolute Gasteiger partial charge is 0.506 e. The molecule has 0 aliphatic rings. The Balaban J connectivity index is 0.000000364. The molecule has 0 saturated carbocycles. The number of carbonyl (C=O) groups is 1. The van der Waals surface area contributed by atoms with E-state index < -0.39 is 12.0 Å². The van der Waals surface area contributed by atoms with Crippen molar-refractivity contribution < 1.29 is 31.8 Å². The number of hydrogen-bond donors (Lipinski definition) is 3. The van der Waals surface area contributed by atoms with Gasteiger partial charge < -0.3 is 15.9 Å². The van der Waals surface area contributed by atoms with Crippen molar-refractivity contribution in [1.29, 1.82) is 0 Å². The molecule has 1 atom stereocenters. The van der Waals surface area contributed by atoms with Gasteiger partial charge in [0.1, 0.15) is 17.3 Å². The third kappa shape index (κ3) is 5.16. The fourth-order valence-electron chi connectivity index (χ4n) is 1.37. The summed E-state index contributed by atoms with van der Waals surface area (Å²) in [5.74, 6) is -0.671. The maximum absolute atomic E-state index is 10.0. The van der Waals surface area contributed by atoms with E-state index >= 15 is 0 Å². The molecule has 0 spiro atoms. The minimum Gasteiger partial charge on any atom is -0.506 e. The Bertz CT molecular complexity index is 556. The van der Waals surface area contributed by atoms with Crippen LogP contribution in [0.1, 0.15) is 13.8 Å². The van der Waals surface area contributed by atoms with E-state index in [1.54, 1.807) is 32.2 Å². The Morgan fingerprint density at radius 2 is 1.85 bits per heavy atom. The molecule has 0 unspecified atom stereocenters. The fourth-order valence-corrected chi connectivity index (χ4v) is 1.37. The second-order valence-electron chi connectivity index (χ2n) is 4.46. The summed E-state index contributed by atoms with van der Waals surface area (Å²) in [7, 11) is 0. The summed E-state index contributed by atoms with van der Waals surface area (Å²) < 4.78 is 0. The summed E-state index contributed by atoms with van der Waals surface area (Å²) in [6.07, 6.45) is 1.67. The van der Waals surface area contributed by atoms with Gasteiger partial charge in [0.25, 0.3) is 0 Å². The van der Waals surface area contributed by atoms with Gasteiger partial charge in [0.05, 0.1) is 0 Å². The number of carboxylic acids is 1. The van der Waals surface area contributed by atoms with Crippen molar-refractivity contribution in [2.45, 2.75) is 19.9 Å². The van der Waals surface area contributed by atoms with Gasteiger partial charge in [-0.2, -0.15) is 0 Å². The fraction of sp³-hybridized carbons (Fsp3) is 0.286. The average molecular weight is 321 g/mol. The number of para-hydroxylation sites is 1. The van der Waals surface area contributed by atoms with Gasteiger partial charge in [-0.15, -0.1) is 0 Å². The molecule has 4 N–H and O–H groups in total. The monoisotopic (exact) mass is 321 g/mol. The van der Waals surface area contributed by atoms with Crippen LogP contribution in [0.5, 0.6) is 5.75 Å². The van der Waals surface area contributed by atoms with Crippen LogP contribution >= 0.6 is 0 Å². The average Bonchev–Trinajstić information content (AvgIpc) is 2.39. The molecule has 1 radical (unpaired) electrons. The first-order chi connectivity index (χ1) is 8.93. The quantitative estimate of drug-likeness (QED) is 0.786. The van der Waals surface area contributed by atoms with Gasteiger partial charge in [0.2, 0.25) is 0 Å². The molecule has 2 aromatic rings. The van der Waals surface area contributed by atoms with Crippen LogP contribution in [0.15, 0.2) is 36.5 Å². The van der Waals surface area contributed by atoms with Crippen molar-refractivity contribution in [3.05, 3.63) is 36.5 Å². The number of phenolic OH excluding ortho intramolecular Hbond substituents is 1. The molecule has 1 aromatic heterocycles. The number of rotatable bonds is 2. The van der Waals surface area contributed by atoms with E-state index in [4.69, 9.17) is 10.8 Å². The number of phenols is 1. The molecule has 0 saturated heterocycles. The molecule has 0 fully saturated rings. The number of carboxylic acid groups (broad SMARTS) is 1. The minimum absolute atomic E-state index is 0. The molecule has 0 aliphatic heterocycles. The summed E-state index contributed by atoms with van der Waals surface area (Å²) in [6, 6.07) is 8.41. The number of fused-ring (bicyclic) bond motifs is 1. The second-order valence-corrected chi connectivity index (χ2v) is 4.46. The maximum atomic E-state index is 10.0. The molecule has 1 aromatic carbocycles. The van der Waals surface area contributed by atoms with Crippen molar-refractivity contribution in [1.82, 2.24) is 4.98 Å². The summed E-state index contributed by atoms with van der Waals surface area (Å²) in [5, 5.41) is 18.5. The van der Waals surface area contributed by atoms with E-state index in [1.807, 2.05) is 18.2 Å². The molecular formula is C14H18CoN2O3. The summed E-state index contributed by atoms with van der Waals surface area (Å²) >= 11 is 0. The molecule has 20 heavy (non-hydrogen) atoms. The van der Waals surface area contributed by atoms with E-state index in [2.05, 4.69) is 4.98 Å². The minimum atomic E-state index is -0.931. The SMILES string of the molecule is CC(C)[C@H](N)C(=O)O.Oc1cccc2cccnc12.[Co]. The van der Waals surface area contributed by atoms with E-state index in [-0.39, 0.29) is 28.4 Å². The summed E-state index contributed by atoms with van der Waals surface area (Å²) in [6.45, 7) is 3.55. The number of hydrogen-bond acceptors (Lipinski definition) is 4. The number of aliphatic carboxylic acids is 1. The number of nitrogens with two attached hydrogens (primary N) is 1. The van der Waals surface area contributed by atoms with E-state index in [1.165, 1.54) is 0 Å². The third-order valence-corrected chi connectivity index (χ3v) is 2.61. The van der Waals surface area contributed by atoms with Crippen LogP contribution in [0.4, 0.5) is 0 Å². The summed E-state index contributed by atoms with van der Waals surface area (Å²) in [4.78, 5) is 14.0. The topological polar surface area (TPSA) is 96.4 Å². The molecule has 1 heterocycles. The molecule has 111 valence electrons. The first-order valence-electron chi connectivity index (χ1n) is 5.94. The van der Waals surface area contributed by atoms with Crippen molar-refractivity contribution in [3.63, 3.8) is 0 Å². The molecule has 5 nitrogen and oxygen atoms in total. The molecule has 6 heteroatoms. The molecular weight excluding hydrogens is 303 g/mol. The number of nitrogens with zero attached hydrogens (tertiary/aromatic N) is 1. The van der Waals surface area contributed by atoms with Gasteiger partial charge in [-0.25, -0.2) is 0 Å². The Hall–Kier alpha value is -1.63. The van der Waals surface area contributed by atoms with Gasteiger partial charge in [0.15, 0.2) is 0 Å². The van der Waals surface area contributed by atoms with Crippen molar-refractivity contribution in [2.24, 2.45) is 11.7 Å². The number of aromatic hydroxyl groups is 1. The van der Waals surface area contributed by atoms with Crippen LogP contribution in [-0.4, -0.2) is 27.2 Å². The first kappa shape index (κ1) is 18.4. The first-order valence-corrected chi connectivity index (χ1v) is 5.94. The van der Waals surface area contributed by atoms with E-state index in [0.717, 1.165) is 5.39 Å². The molecule has 0 aliphatic carbocycles. The normalized spacial score (nSPS) is 11.2. The number of pyridine rings is 1. The Morgan fingerprint density at radius 3 is 2.30 bits per heavy atom. The van der Waals surface area contributed by atoms with Crippen LogP contribution in [0.3, 0.4) is 0 Å². The van der Waals surface area contributed by atoms with Crippen LogP contribution in [0.25, 0.3) is 10.9 Å². The maximum Gasteiger partial charge on any atom is 0.320 e. The predicted octanol–water partition coefficient (Wildman–Crippen LogP) is 1.99. The number of benzene rings is 1. The van der Waals surface area contributed by atoms with Crippen molar-refractivity contribution in [2.75, 3.05) is 0 Å². The van der Waals surface area contributed by atoms with Crippen LogP contribution in [0, 0.1) is 5.92 Å². The zero-order valence-electron chi connectivity index (χ0n) is 11.3. The third-order valence-electron chi connectivity index (χ3n) is 2.61. The Morgan fingerprint density at radius 1 is 1.25 bits per heavy atom. The molecule has 2 rings (SSSR count). The molecule has 0 bridgehead atoms. The van der Waals surface area contributed by atoms with Gasteiger partial charge >= 0.3 is 5.97 Å². The zero-order chi connectivity index (χ0) is 14.4. The predicted molar refractivity (Wildman–Crippen MR) is 73.9 cm³/mol. The number of aromatic nitrogens is 1. The van der Waals surface area contributed by atoms with Gasteiger partial charge in [-0.1, -0.05) is 32.0 Å². The van der Waals surface area contributed by atoms with Crippen LogP contribution in [-0.2, 0) is 21.6 Å². The second kappa shape index (κ2) is 8.52. The van der Waals surface area contributed by atoms with Gasteiger partial charge in [0, 0.05) is 28.4 Å². The van der Waals surface area contributed by atoms with Crippen LogP contribution < -0.4 is 5.73 Å². The standard InChI is InChI=1S/C9H7NO.C5H11NO2.Co/c11-8-5-1-3-7-4-2-6-10-9(7)8;1-3(2)4(6)5(7)8;/h1-6,11H;3-4H,6H2,1-2H3,(H,7,8);/t;4-;/m.0./s1. The Kier molecular flexibility index (Phi) is 7.82. The van der Waals surface area contributed by atoms with Gasteiger partial charge in [-0.3, -0.25) is 9.78 Å². The van der Waals surface area contributed by atoms with Crippen molar-refractivity contribution >= 4 is 16.9 Å². The van der Waals surface area contributed by atoms with Crippen molar-refractivity contribution in [3.8, 4) is 5.75 Å². The van der Waals surface area contributed by atoms with E-state index in [0.29, 0.717) is 5.52 Å². The van der Waals surface area contributed by atoms with E-state index in [9.17, 15) is 9.90 Å². The molecule has 0 amide bonds. The van der Waals surface area contributed by atoms with Crippen LogP contribution in [0.2, 0.25) is 0 Å². The Labute approximate surface area is 128 Å².